The van der Waals surface area contributed by atoms with Gasteiger partial charge in [-0.25, -0.2) is 14.4 Å². The van der Waals surface area contributed by atoms with Crippen LogP contribution in [0.1, 0.15) is 6.23 Å². The van der Waals surface area contributed by atoms with Crippen LogP contribution in [-0.2, 0) is 4.74 Å². The van der Waals surface area contributed by atoms with Crippen molar-refractivity contribution in [3.63, 3.8) is 0 Å². The van der Waals surface area contributed by atoms with Crippen LogP contribution in [0.4, 0.5) is 4.39 Å². The number of rotatable bonds is 3. The van der Waals surface area contributed by atoms with Gasteiger partial charge in [-0.3, -0.25) is 0 Å². The summed E-state index contributed by atoms with van der Waals surface area (Å²) >= 11 is 0. The molecule has 4 rings (SSSR count). The van der Waals surface area contributed by atoms with Crippen LogP contribution in [0.2, 0.25) is 0 Å². The normalized spacial score (nSPS) is 27.0. The second-order valence-corrected chi connectivity index (χ2v) is 5.73. The van der Waals surface area contributed by atoms with Crippen molar-refractivity contribution in [2.45, 2.75) is 24.6 Å². The predicted octanol–water partition coefficient (Wildman–Crippen LogP) is 1.69. The van der Waals surface area contributed by atoms with E-state index in [0.29, 0.717) is 5.65 Å². The zero-order chi connectivity index (χ0) is 16.7. The van der Waals surface area contributed by atoms with Crippen LogP contribution in [0, 0.1) is 0 Å². The SMILES string of the molecule is OC[C@H]1O[C@@H](n2ccc3c(-c4ccccc4)ncnc32)[C@@H](F)[C@@H]1O. The first-order valence-electron chi connectivity index (χ1n) is 7.66. The third kappa shape index (κ3) is 2.29. The van der Waals surface area contributed by atoms with Crippen molar-refractivity contribution >= 4 is 11.0 Å². The van der Waals surface area contributed by atoms with E-state index in [4.69, 9.17) is 4.74 Å². The monoisotopic (exact) mass is 329 g/mol. The first-order chi connectivity index (χ1) is 11.7. The lowest BCUT2D eigenvalue weighted by Crippen LogP contribution is -2.30. The van der Waals surface area contributed by atoms with Gasteiger partial charge in [0.05, 0.1) is 12.3 Å². The lowest BCUT2D eigenvalue weighted by Gasteiger charge is -2.16. The Morgan fingerprint density at radius 2 is 1.96 bits per heavy atom. The molecule has 0 radical (unpaired) electrons. The summed E-state index contributed by atoms with van der Waals surface area (Å²) in [5, 5.41) is 19.8. The molecule has 0 bridgehead atoms. The number of ether oxygens (including phenoxy) is 1. The number of aliphatic hydroxyl groups excluding tert-OH is 2. The molecule has 6 nitrogen and oxygen atoms in total. The first kappa shape index (κ1) is 15.2. The summed E-state index contributed by atoms with van der Waals surface area (Å²) in [7, 11) is 0. The number of nitrogens with zero attached hydrogens (tertiary/aromatic N) is 3. The summed E-state index contributed by atoms with van der Waals surface area (Å²) < 4.78 is 21.4. The van der Waals surface area contributed by atoms with Gasteiger partial charge in [0.1, 0.15) is 24.2 Å². The van der Waals surface area contributed by atoms with Crippen LogP contribution < -0.4 is 0 Å². The van der Waals surface area contributed by atoms with E-state index in [2.05, 4.69) is 9.97 Å². The molecule has 2 aromatic heterocycles. The van der Waals surface area contributed by atoms with Crippen LogP contribution in [0.25, 0.3) is 22.3 Å². The van der Waals surface area contributed by atoms with E-state index >= 15 is 0 Å². The molecule has 124 valence electrons. The van der Waals surface area contributed by atoms with E-state index in [1.54, 1.807) is 12.3 Å². The quantitative estimate of drug-likeness (QED) is 0.764. The molecule has 1 aromatic carbocycles. The maximum absolute atomic E-state index is 14.4. The lowest BCUT2D eigenvalue weighted by atomic mass is 10.1. The third-order valence-corrected chi connectivity index (χ3v) is 4.30. The van der Waals surface area contributed by atoms with Crippen LogP contribution >= 0.6 is 0 Å². The molecule has 1 aliphatic heterocycles. The van der Waals surface area contributed by atoms with Crippen LogP contribution in [0.15, 0.2) is 48.9 Å². The van der Waals surface area contributed by atoms with Crippen LogP contribution in [0.3, 0.4) is 0 Å². The Morgan fingerprint density at radius 1 is 1.17 bits per heavy atom. The molecule has 0 unspecified atom stereocenters. The van der Waals surface area contributed by atoms with Gasteiger partial charge in [0.2, 0.25) is 0 Å². The van der Waals surface area contributed by atoms with Crippen molar-refractivity contribution in [2.24, 2.45) is 0 Å². The topological polar surface area (TPSA) is 80.4 Å². The highest BCUT2D eigenvalue weighted by Crippen LogP contribution is 2.35. The highest BCUT2D eigenvalue weighted by molar-refractivity contribution is 5.90. The Labute approximate surface area is 137 Å². The second kappa shape index (κ2) is 5.94. The Bertz CT molecular complexity index is 855. The average molecular weight is 329 g/mol. The van der Waals surface area contributed by atoms with Gasteiger partial charge in [-0.1, -0.05) is 30.3 Å². The predicted molar refractivity (Wildman–Crippen MR) is 84.9 cm³/mol. The third-order valence-electron chi connectivity index (χ3n) is 4.30. The minimum atomic E-state index is -1.65. The number of fused-ring (bicyclic) bond motifs is 1. The van der Waals surface area contributed by atoms with Gasteiger partial charge in [0, 0.05) is 17.1 Å². The number of alkyl halides is 1. The average Bonchev–Trinajstić information content (AvgIpc) is 3.17. The molecule has 1 fully saturated rings. The number of benzene rings is 1. The molecule has 1 saturated heterocycles. The first-order valence-corrected chi connectivity index (χ1v) is 7.66. The van der Waals surface area contributed by atoms with Crippen molar-refractivity contribution < 1.29 is 19.3 Å². The van der Waals surface area contributed by atoms with Crippen molar-refractivity contribution in [1.82, 2.24) is 14.5 Å². The zero-order valence-corrected chi connectivity index (χ0v) is 12.7. The Balaban J connectivity index is 1.80. The van der Waals surface area contributed by atoms with Crippen LogP contribution in [-0.4, -0.2) is 49.7 Å². The fourth-order valence-electron chi connectivity index (χ4n) is 3.08. The van der Waals surface area contributed by atoms with Crippen molar-refractivity contribution in [2.75, 3.05) is 6.61 Å². The Hall–Kier alpha value is -2.35. The number of hydrogen-bond acceptors (Lipinski definition) is 5. The van der Waals surface area contributed by atoms with E-state index in [1.807, 2.05) is 30.3 Å². The van der Waals surface area contributed by atoms with E-state index in [-0.39, 0.29) is 0 Å². The Kier molecular flexibility index (Phi) is 3.76. The zero-order valence-electron chi connectivity index (χ0n) is 12.7. The number of halogens is 1. The number of hydrogen-bond donors (Lipinski definition) is 2. The fourth-order valence-corrected chi connectivity index (χ4v) is 3.08. The highest BCUT2D eigenvalue weighted by atomic mass is 19.1. The van der Waals surface area contributed by atoms with Crippen LogP contribution in [0.5, 0.6) is 0 Å². The summed E-state index contributed by atoms with van der Waals surface area (Å²) in [5.41, 5.74) is 2.19. The van der Waals surface area contributed by atoms with E-state index < -0.39 is 31.2 Å². The molecule has 3 heterocycles. The standard InChI is InChI=1S/C17H16FN3O3/c18-13-15(23)12(8-22)24-17(13)21-7-6-11-14(19-9-20-16(11)21)10-4-2-1-3-5-10/h1-7,9,12-13,15,17,22-23H,8H2/t12-,13+,15-,17-/m1/s1. The van der Waals surface area contributed by atoms with Gasteiger partial charge in [-0.15, -0.1) is 0 Å². The van der Waals surface area contributed by atoms with Gasteiger partial charge >= 0.3 is 0 Å². The highest BCUT2D eigenvalue weighted by Gasteiger charge is 2.45. The van der Waals surface area contributed by atoms with Crippen molar-refractivity contribution in [1.29, 1.82) is 0 Å². The molecular formula is C17H16FN3O3. The molecule has 0 spiro atoms. The molecule has 24 heavy (non-hydrogen) atoms. The molecule has 0 aliphatic carbocycles. The van der Waals surface area contributed by atoms with Gasteiger partial charge in [0.15, 0.2) is 12.4 Å². The molecule has 7 heteroatoms. The van der Waals surface area contributed by atoms with Gasteiger partial charge in [0.25, 0.3) is 0 Å². The number of aliphatic hydroxyl groups is 2. The van der Waals surface area contributed by atoms with Gasteiger partial charge in [-0.05, 0) is 6.07 Å². The maximum Gasteiger partial charge on any atom is 0.173 e. The smallest absolute Gasteiger partial charge is 0.173 e. The van der Waals surface area contributed by atoms with Crippen molar-refractivity contribution in [3.05, 3.63) is 48.9 Å². The summed E-state index contributed by atoms with van der Waals surface area (Å²) in [4.78, 5) is 8.58. The largest absolute Gasteiger partial charge is 0.394 e. The molecule has 0 saturated carbocycles. The van der Waals surface area contributed by atoms with Gasteiger partial charge in [-0.2, -0.15) is 0 Å². The summed E-state index contributed by atoms with van der Waals surface area (Å²) in [5.74, 6) is 0. The summed E-state index contributed by atoms with van der Waals surface area (Å²) in [6, 6.07) is 11.4. The molecule has 2 N–H and O–H groups in total. The number of aromatic nitrogens is 3. The molecular weight excluding hydrogens is 313 g/mol. The maximum atomic E-state index is 14.4. The van der Waals surface area contributed by atoms with E-state index in [9.17, 15) is 14.6 Å². The Morgan fingerprint density at radius 3 is 2.67 bits per heavy atom. The summed E-state index contributed by atoms with van der Waals surface area (Å²) in [6.45, 7) is -0.443. The minimum absolute atomic E-state index is 0.443. The molecule has 0 amide bonds. The molecule has 4 atom stereocenters. The van der Waals surface area contributed by atoms with Gasteiger partial charge < -0.3 is 19.5 Å². The fraction of sp³-hybridized carbons (Fsp3) is 0.294. The second-order valence-electron chi connectivity index (χ2n) is 5.73. The minimum Gasteiger partial charge on any atom is -0.394 e. The van der Waals surface area contributed by atoms with E-state index in [1.165, 1.54) is 10.9 Å². The lowest BCUT2D eigenvalue weighted by molar-refractivity contribution is -0.0457. The van der Waals surface area contributed by atoms with E-state index in [0.717, 1.165) is 16.6 Å². The van der Waals surface area contributed by atoms with Crippen molar-refractivity contribution in [3.8, 4) is 11.3 Å². The molecule has 3 aromatic rings. The molecule has 1 aliphatic rings. The summed E-state index contributed by atoms with van der Waals surface area (Å²) in [6.07, 6.45) is -1.91.